The Bertz CT molecular complexity index is 332. The molecule has 0 bridgehead atoms. The number of carbonyl (C=O) groups excluding carboxylic acids is 2. The third-order valence-electron chi connectivity index (χ3n) is 1.75. The first kappa shape index (κ1) is 10.2. The van der Waals surface area contributed by atoms with Gasteiger partial charge in [0.15, 0.2) is 0 Å². The van der Waals surface area contributed by atoms with Gasteiger partial charge in [0.2, 0.25) is 12.3 Å². The number of carbonyl (C=O) groups is 2. The molecule has 0 unspecified atom stereocenters. The van der Waals surface area contributed by atoms with E-state index in [2.05, 4.69) is 5.32 Å². The molecular weight excluding hydrogens is 180 g/mol. The van der Waals surface area contributed by atoms with Crippen LogP contribution in [0.5, 0.6) is 0 Å². The summed E-state index contributed by atoms with van der Waals surface area (Å²) >= 11 is 0. The van der Waals surface area contributed by atoms with Crippen LogP contribution in [-0.2, 0) is 9.59 Å². The highest BCUT2D eigenvalue weighted by Gasteiger charge is 1.99. The first-order valence-electron chi connectivity index (χ1n) is 4.19. The number of nitrogens with zero attached hydrogens (tertiary/aromatic N) is 1. The van der Waals surface area contributed by atoms with Crippen molar-refractivity contribution in [3.8, 4) is 0 Å². The Kier molecular flexibility index (Phi) is 3.23. The van der Waals surface area contributed by atoms with E-state index in [9.17, 15) is 9.59 Å². The van der Waals surface area contributed by atoms with E-state index in [0.717, 1.165) is 17.8 Å². The van der Waals surface area contributed by atoms with Crippen molar-refractivity contribution in [3.63, 3.8) is 0 Å². The van der Waals surface area contributed by atoms with Gasteiger partial charge in [-0.3, -0.25) is 9.59 Å². The van der Waals surface area contributed by atoms with Crippen LogP contribution >= 0.6 is 0 Å². The normalized spacial score (nSPS) is 9.29. The summed E-state index contributed by atoms with van der Waals surface area (Å²) in [6.45, 7) is 1.45. The van der Waals surface area contributed by atoms with Gasteiger partial charge in [0.25, 0.3) is 0 Å². The van der Waals surface area contributed by atoms with E-state index in [1.807, 2.05) is 0 Å². The van der Waals surface area contributed by atoms with Gasteiger partial charge < -0.3 is 10.2 Å². The van der Waals surface area contributed by atoms with Crippen molar-refractivity contribution in [1.82, 2.24) is 0 Å². The van der Waals surface area contributed by atoms with Crippen LogP contribution in [0.1, 0.15) is 6.92 Å². The molecule has 0 saturated carbocycles. The second kappa shape index (κ2) is 4.41. The number of hydrogen-bond donors (Lipinski definition) is 1. The molecule has 1 rings (SSSR count). The van der Waals surface area contributed by atoms with Crippen LogP contribution in [0.15, 0.2) is 24.3 Å². The van der Waals surface area contributed by atoms with Gasteiger partial charge in [-0.2, -0.15) is 0 Å². The molecule has 2 amide bonds. The highest BCUT2D eigenvalue weighted by Crippen LogP contribution is 2.15. The number of nitrogens with one attached hydrogen (secondary N) is 1. The van der Waals surface area contributed by atoms with E-state index >= 15 is 0 Å². The molecule has 0 heterocycles. The van der Waals surface area contributed by atoms with E-state index in [1.54, 1.807) is 31.3 Å². The van der Waals surface area contributed by atoms with E-state index in [0.29, 0.717) is 0 Å². The van der Waals surface area contributed by atoms with Gasteiger partial charge in [0.05, 0.1) is 0 Å². The van der Waals surface area contributed by atoms with Crippen molar-refractivity contribution in [2.45, 2.75) is 6.92 Å². The smallest absolute Gasteiger partial charge is 0.221 e. The zero-order valence-electron chi connectivity index (χ0n) is 8.15. The molecule has 1 aromatic carbocycles. The van der Waals surface area contributed by atoms with Crippen molar-refractivity contribution in [2.24, 2.45) is 0 Å². The fourth-order valence-corrected chi connectivity index (χ4v) is 1.04. The lowest BCUT2D eigenvalue weighted by molar-refractivity contribution is -0.114. The summed E-state index contributed by atoms with van der Waals surface area (Å²) in [6.07, 6.45) is 0.730. The molecule has 0 aliphatic rings. The lowest BCUT2D eigenvalue weighted by Crippen LogP contribution is -2.13. The number of hydrogen-bond acceptors (Lipinski definition) is 2. The summed E-state index contributed by atoms with van der Waals surface area (Å²) in [5.41, 5.74) is 1.51. The molecule has 14 heavy (non-hydrogen) atoms. The standard InChI is InChI=1S/C10H12N2O2/c1-8(14)11-9-3-5-10(6-4-9)12(2)7-13/h3-7H,1-2H3,(H,11,14). The Balaban J connectivity index is 2.78. The lowest BCUT2D eigenvalue weighted by atomic mass is 10.2. The molecule has 0 atom stereocenters. The molecular formula is C10H12N2O2. The molecule has 0 saturated heterocycles. The fourth-order valence-electron chi connectivity index (χ4n) is 1.04. The van der Waals surface area contributed by atoms with Crippen LogP contribution in [0.2, 0.25) is 0 Å². The second-order valence-electron chi connectivity index (χ2n) is 2.94. The van der Waals surface area contributed by atoms with E-state index in [1.165, 1.54) is 11.8 Å². The molecule has 0 radical (unpaired) electrons. The van der Waals surface area contributed by atoms with Gasteiger partial charge in [0.1, 0.15) is 0 Å². The minimum Gasteiger partial charge on any atom is -0.326 e. The minimum atomic E-state index is -0.110. The second-order valence-corrected chi connectivity index (χ2v) is 2.94. The van der Waals surface area contributed by atoms with E-state index in [4.69, 9.17) is 0 Å². The maximum absolute atomic E-state index is 10.7. The molecule has 4 nitrogen and oxygen atoms in total. The lowest BCUT2D eigenvalue weighted by Gasteiger charge is -2.10. The Morgan fingerprint density at radius 1 is 1.36 bits per heavy atom. The molecule has 74 valence electrons. The summed E-state index contributed by atoms with van der Waals surface area (Å²) < 4.78 is 0. The number of anilines is 2. The first-order valence-corrected chi connectivity index (χ1v) is 4.19. The zero-order chi connectivity index (χ0) is 10.6. The van der Waals surface area contributed by atoms with Crippen molar-refractivity contribution >= 4 is 23.7 Å². The van der Waals surface area contributed by atoms with Crippen LogP contribution in [0, 0.1) is 0 Å². The third kappa shape index (κ3) is 2.58. The monoisotopic (exact) mass is 192 g/mol. The first-order chi connectivity index (χ1) is 6.63. The average Bonchev–Trinajstić information content (AvgIpc) is 2.17. The number of amides is 2. The molecule has 0 spiro atoms. The topological polar surface area (TPSA) is 49.4 Å². The van der Waals surface area contributed by atoms with Crippen LogP contribution in [0.4, 0.5) is 11.4 Å². The Hall–Kier alpha value is -1.84. The predicted molar refractivity (Wildman–Crippen MR) is 55.2 cm³/mol. The van der Waals surface area contributed by atoms with Crippen molar-refractivity contribution in [2.75, 3.05) is 17.3 Å². The van der Waals surface area contributed by atoms with Gasteiger partial charge in [-0.1, -0.05) is 0 Å². The van der Waals surface area contributed by atoms with Crippen molar-refractivity contribution in [3.05, 3.63) is 24.3 Å². The SMILES string of the molecule is CC(=O)Nc1ccc(N(C)C=O)cc1. The fraction of sp³-hybridized carbons (Fsp3) is 0.200. The van der Waals surface area contributed by atoms with Crippen LogP contribution in [0.3, 0.4) is 0 Å². The Labute approximate surface area is 82.5 Å². The average molecular weight is 192 g/mol. The summed E-state index contributed by atoms with van der Waals surface area (Å²) in [5, 5.41) is 2.64. The zero-order valence-corrected chi connectivity index (χ0v) is 8.15. The maximum Gasteiger partial charge on any atom is 0.221 e. The molecule has 0 fully saturated rings. The number of benzene rings is 1. The molecule has 1 N–H and O–H groups in total. The van der Waals surface area contributed by atoms with Crippen molar-refractivity contribution in [1.29, 1.82) is 0 Å². The number of rotatable bonds is 3. The van der Waals surface area contributed by atoms with Gasteiger partial charge >= 0.3 is 0 Å². The highest BCUT2D eigenvalue weighted by molar-refractivity contribution is 5.89. The van der Waals surface area contributed by atoms with Crippen LogP contribution < -0.4 is 10.2 Å². The van der Waals surface area contributed by atoms with Gasteiger partial charge in [-0.25, -0.2) is 0 Å². The summed E-state index contributed by atoms with van der Waals surface area (Å²) in [6, 6.07) is 7.02. The highest BCUT2D eigenvalue weighted by atomic mass is 16.1. The summed E-state index contributed by atoms with van der Waals surface area (Å²) in [4.78, 5) is 22.6. The summed E-state index contributed by atoms with van der Waals surface area (Å²) in [5.74, 6) is -0.110. The quantitative estimate of drug-likeness (QED) is 0.732. The van der Waals surface area contributed by atoms with Gasteiger partial charge in [-0.15, -0.1) is 0 Å². The molecule has 0 aliphatic heterocycles. The van der Waals surface area contributed by atoms with Crippen LogP contribution in [-0.4, -0.2) is 19.4 Å². The molecule has 0 aromatic heterocycles. The van der Waals surface area contributed by atoms with Crippen molar-refractivity contribution < 1.29 is 9.59 Å². The largest absolute Gasteiger partial charge is 0.326 e. The third-order valence-corrected chi connectivity index (χ3v) is 1.75. The Morgan fingerprint density at radius 2 is 1.93 bits per heavy atom. The minimum absolute atomic E-state index is 0.110. The van der Waals surface area contributed by atoms with Crippen LogP contribution in [0.25, 0.3) is 0 Å². The molecule has 0 aliphatic carbocycles. The van der Waals surface area contributed by atoms with Gasteiger partial charge in [0, 0.05) is 25.3 Å². The van der Waals surface area contributed by atoms with E-state index in [-0.39, 0.29) is 5.91 Å². The summed E-state index contributed by atoms with van der Waals surface area (Å²) in [7, 11) is 1.67. The molecule has 4 heteroatoms. The Morgan fingerprint density at radius 3 is 2.36 bits per heavy atom. The maximum atomic E-state index is 10.7. The van der Waals surface area contributed by atoms with E-state index < -0.39 is 0 Å². The molecule has 1 aromatic rings. The van der Waals surface area contributed by atoms with Gasteiger partial charge in [-0.05, 0) is 24.3 Å². The predicted octanol–water partition coefficient (Wildman–Crippen LogP) is 1.24.